The number of anilines is 1. The van der Waals surface area contributed by atoms with E-state index in [0.717, 1.165) is 136 Å². The highest BCUT2D eigenvalue weighted by atomic mass is 16.3. The topological polar surface area (TPSA) is 23.5 Å². The molecule has 0 amide bonds. The predicted molar refractivity (Wildman–Crippen MR) is 189 cm³/mol. The van der Waals surface area contributed by atoms with Crippen molar-refractivity contribution >= 4 is 5.69 Å². The number of nitrogens with zero attached hydrogens (tertiary/aromatic N) is 1. The SMILES string of the molecule is CC1N(c2ccc(O)cc2)CC2C3=C4C5=C6C7C(C=C8CC9CC%10CC%11CC%12CC(C3)C3C4C4C5C5C7C8C7C9C%10C8C%11C(C%123)C4C8C57)CC621. The van der Waals surface area contributed by atoms with E-state index in [2.05, 4.69) is 57.9 Å². The smallest absolute Gasteiger partial charge is 0.115 e. The molecule has 0 bridgehead atoms. The third-order valence-electron chi connectivity index (χ3n) is 23.8. The van der Waals surface area contributed by atoms with Gasteiger partial charge in [0.25, 0.3) is 0 Å². The third-order valence-corrected chi connectivity index (χ3v) is 23.8. The van der Waals surface area contributed by atoms with Gasteiger partial charge in [-0.15, -0.1) is 0 Å². The van der Waals surface area contributed by atoms with Gasteiger partial charge in [-0.2, -0.15) is 0 Å². The minimum atomic E-state index is 0.344. The van der Waals surface area contributed by atoms with Crippen molar-refractivity contribution in [3.8, 4) is 5.75 Å². The molecule has 17 aliphatic rings. The molecule has 18 rings (SSSR count). The second-order valence-corrected chi connectivity index (χ2v) is 23.2. The summed E-state index contributed by atoms with van der Waals surface area (Å²) in [7, 11) is 0. The Labute approximate surface area is 296 Å². The van der Waals surface area contributed by atoms with Crippen LogP contribution in [0, 0.1) is 153 Å². The molecule has 16 aliphatic carbocycles. The third kappa shape index (κ3) is 2.02. The maximum absolute atomic E-state index is 10.3. The van der Waals surface area contributed by atoms with Crippen LogP contribution in [-0.4, -0.2) is 17.7 Å². The van der Waals surface area contributed by atoms with E-state index in [1.54, 1.807) is 25.7 Å². The summed E-state index contributed by atoms with van der Waals surface area (Å²) in [4.78, 5) is 2.89. The van der Waals surface area contributed by atoms with Gasteiger partial charge in [0.2, 0.25) is 0 Å². The standard InChI is InChI=1S/C48H51NO/c1-15-48-13-22-11-20-9-17-6-16-7-19-8-18-10-21-12-25(26(48)14-49(15)23-2-4-24(50)5-3-23)34-39-30(21)29(18)36-31(19)35-27(16)28(17)37-32(20)38-33(22)47(48)46(34)45-43(38)41(37)40(35)42(36)44(39)45/h2-5,11,15-19,21-22,26-33,35-45,50H,6-10,12-14H2,1H3. The number of phenols is 1. The Bertz CT molecular complexity index is 2070. The van der Waals surface area contributed by atoms with Gasteiger partial charge in [-0.25, -0.2) is 0 Å². The lowest BCUT2D eigenvalue weighted by Gasteiger charge is -2.60. The van der Waals surface area contributed by atoms with E-state index < -0.39 is 0 Å². The van der Waals surface area contributed by atoms with E-state index >= 15 is 0 Å². The van der Waals surface area contributed by atoms with Gasteiger partial charge in [-0.05, 0) is 229 Å². The molecular formula is C48H51NO. The maximum Gasteiger partial charge on any atom is 0.115 e. The van der Waals surface area contributed by atoms with E-state index in [4.69, 9.17) is 0 Å². The van der Waals surface area contributed by atoms with Crippen LogP contribution >= 0.6 is 0 Å². The van der Waals surface area contributed by atoms with Gasteiger partial charge in [-0.3, -0.25) is 0 Å². The fraction of sp³-hybridized carbons (Fsp3) is 0.750. The molecule has 27 unspecified atom stereocenters. The molecule has 1 aromatic rings. The van der Waals surface area contributed by atoms with Gasteiger partial charge >= 0.3 is 0 Å². The first-order valence-corrected chi connectivity index (χ1v) is 22.4. The maximum atomic E-state index is 10.3. The van der Waals surface area contributed by atoms with Gasteiger partial charge < -0.3 is 10.0 Å². The minimum absolute atomic E-state index is 0.344. The van der Waals surface area contributed by atoms with Crippen LogP contribution in [0.5, 0.6) is 5.75 Å². The van der Waals surface area contributed by atoms with Gasteiger partial charge in [0.05, 0.1) is 0 Å². The normalized spacial score (nSPS) is 69.9. The first kappa shape index (κ1) is 25.1. The Hall–Kier alpha value is -1.96. The molecule has 254 valence electrons. The van der Waals surface area contributed by atoms with Gasteiger partial charge in [0.15, 0.2) is 0 Å². The summed E-state index contributed by atoms with van der Waals surface area (Å²) >= 11 is 0. The second-order valence-electron chi connectivity index (χ2n) is 23.2. The van der Waals surface area contributed by atoms with Crippen LogP contribution in [0.2, 0.25) is 0 Å². The van der Waals surface area contributed by atoms with E-state index in [1.807, 2.05) is 12.1 Å². The monoisotopic (exact) mass is 657 g/mol. The molecule has 13 fully saturated rings. The van der Waals surface area contributed by atoms with Crippen molar-refractivity contribution in [1.29, 1.82) is 0 Å². The summed E-state index contributed by atoms with van der Waals surface area (Å²) in [5.74, 6) is 26.8. The summed E-state index contributed by atoms with van der Waals surface area (Å²) in [6, 6.07) is 9.02. The second kappa shape index (κ2) is 7.04. The molecule has 1 N–H and O–H groups in total. The van der Waals surface area contributed by atoms with Crippen molar-refractivity contribution in [1.82, 2.24) is 0 Å². The van der Waals surface area contributed by atoms with Gasteiger partial charge in [0.1, 0.15) is 5.75 Å². The number of rotatable bonds is 1. The lowest BCUT2D eigenvalue weighted by molar-refractivity contribution is -0.129. The zero-order valence-corrected chi connectivity index (χ0v) is 29.4. The number of fused-ring (bicyclic) bond motifs is 1. The largest absolute Gasteiger partial charge is 0.508 e. The van der Waals surface area contributed by atoms with Crippen molar-refractivity contribution in [2.75, 3.05) is 11.4 Å². The van der Waals surface area contributed by atoms with E-state index in [9.17, 15) is 5.11 Å². The highest BCUT2D eigenvalue weighted by molar-refractivity contribution is 5.66. The Morgan fingerprint density at radius 3 is 2.02 bits per heavy atom. The van der Waals surface area contributed by atoms with Crippen LogP contribution in [0.1, 0.15) is 51.9 Å². The molecule has 1 aliphatic heterocycles. The Morgan fingerprint density at radius 2 is 1.20 bits per heavy atom. The fourth-order valence-electron chi connectivity index (χ4n) is 24.8. The molecule has 1 heterocycles. The summed E-state index contributed by atoms with van der Waals surface area (Å²) in [6.45, 7) is 3.94. The lowest BCUT2D eigenvalue weighted by atomic mass is 9.43. The molecule has 1 aromatic carbocycles. The van der Waals surface area contributed by atoms with E-state index in [-0.39, 0.29) is 0 Å². The van der Waals surface area contributed by atoms with E-state index in [1.165, 1.54) is 43.3 Å². The molecule has 12 saturated carbocycles. The highest BCUT2D eigenvalue weighted by Gasteiger charge is 2.87. The average molecular weight is 658 g/mol. The first-order chi connectivity index (χ1) is 24.6. The number of aromatic hydroxyl groups is 1. The molecular weight excluding hydrogens is 607 g/mol. The van der Waals surface area contributed by atoms with Crippen molar-refractivity contribution in [3.63, 3.8) is 0 Å². The number of allylic oxidation sites excluding steroid dienone is 4. The van der Waals surface area contributed by atoms with Crippen LogP contribution in [-0.2, 0) is 0 Å². The van der Waals surface area contributed by atoms with Crippen LogP contribution in [0.4, 0.5) is 5.69 Å². The summed E-state index contributed by atoms with van der Waals surface area (Å²) in [6.07, 6.45) is 14.2. The summed E-state index contributed by atoms with van der Waals surface area (Å²) in [5.41, 5.74) is 12.4. The molecule has 27 atom stereocenters. The van der Waals surface area contributed by atoms with Crippen molar-refractivity contribution in [2.24, 2.45) is 153 Å². The van der Waals surface area contributed by atoms with Crippen LogP contribution in [0.25, 0.3) is 0 Å². The van der Waals surface area contributed by atoms with Gasteiger partial charge in [0, 0.05) is 29.6 Å². The van der Waals surface area contributed by atoms with Crippen molar-refractivity contribution in [3.05, 3.63) is 58.2 Å². The quantitative estimate of drug-likeness (QED) is 0.307. The highest BCUT2D eigenvalue weighted by Crippen LogP contribution is 2.92. The number of hydrogen-bond acceptors (Lipinski definition) is 2. The summed E-state index contributed by atoms with van der Waals surface area (Å²) in [5, 5.41) is 10.3. The number of benzene rings is 1. The Balaban J connectivity index is 0.980. The Morgan fingerprint density at radius 1 is 0.600 bits per heavy atom. The molecule has 1 saturated heterocycles. The molecule has 0 radical (unpaired) electrons. The van der Waals surface area contributed by atoms with Crippen LogP contribution < -0.4 is 4.90 Å². The van der Waals surface area contributed by atoms with E-state index in [0.29, 0.717) is 17.2 Å². The minimum Gasteiger partial charge on any atom is -0.508 e. The summed E-state index contributed by atoms with van der Waals surface area (Å²) < 4.78 is 0. The van der Waals surface area contributed by atoms with Gasteiger partial charge in [-0.1, -0.05) is 22.8 Å². The van der Waals surface area contributed by atoms with Crippen molar-refractivity contribution in [2.45, 2.75) is 57.9 Å². The molecule has 0 aromatic heterocycles. The zero-order chi connectivity index (χ0) is 31.3. The first-order valence-electron chi connectivity index (χ1n) is 22.4. The molecule has 2 heteroatoms. The average Bonchev–Trinajstić information content (AvgIpc) is 3.96. The molecule has 2 nitrogen and oxygen atoms in total. The number of phenolic OH excluding ortho intramolecular Hbond substituents is 1. The Kier molecular flexibility index (Phi) is 3.54. The fourth-order valence-corrected chi connectivity index (χ4v) is 24.8. The number of hydrogen-bond donors (Lipinski definition) is 1. The van der Waals surface area contributed by atoms with Crippen LogP contribution in [0.15, 0.2) is 58.2 Å². The van der Waals surface area contributed by atoms with Crippen LogP contribution in [0.3, 0.4) is 0 Å². The zero-order valence-electron chi connectivity index (χ0n) is 29.4. The predicted octanol–water partition coefficient (Wildman–Crippen LogP) is 8.46. The molecule has 1 spiro atoms. The van der Waals surface area contributed by atoms with Crippen molar-refractivity contribution < 1.29 is 5.11 Å². The lowest BCUT2D eigenvalue weighted by Crippen LogP contribution is -2.57. The molecule has 50 heavy (non-hydrogen) atoms.